The number of rotatable bonds is 5. The third kappa shape index (κ3) is 3.25. The summed E-state index contributed by atoms with van der Waals surface area (Å²) in [5.41, 5.74) is 0.825. The minimum atomic E-state index is -0.555. The molecule has 1 aromatic heterocycles. The molecule has 0 atom stereocenters. The molecular formula is C20H18N2O6. The van der Waals surface area contributed by atoms with Crippen molar-refractivity contribution >= 4 is 22.5 Å². The van der Waals surface area contributed by atoms with E-state index in [0.717, 1.165) is 0 Å². The minimum Gasteiger partial charge on any atom is -0.502 e. The van der Waals surface area contributed by atoms with Crippen molar-refractivity contribution in [2.75, 3.05) is 25.8 Å². The molecule has 1 aliphatic rings. The van der Waals surface area contributed by atoms with Crippen molar-refractivity contribution in [2.45, 2.75) is 6.42 Å². The van der Waals surface area contributed by atoms with Crippen LogP contribution in [0.1, 0.15) is 6.42 Å². The Morgan fingerprint density at radius 2 is 2.04 bits per heavy atom. The van der Waals surface area contributed by atoms with Gasteiger partial charge in [-0.2, -0.15) is 0 Å². The monoisotopic (exact) mass is 382 g/mol. The van der Waals surface area contributed by atoms with E-state index in [0.29, 0.717) is 41.4 Å². The number of hydrogen-bond acceptors (Lipinski definition) is 7. The summed E-state index contributed by atoms with van der Waals surface area (Å²) in [5.74, 6) is 0.945. The van der Waals surface area contributed by atoms with Gasteiger partial charge < -0.3 is 29.1 Å². The second kappa shape index (κ2) is 7.24. The lowest BCUT2D eigenvalue weighted by Gasteiger charge is -2.10. The molecule has 0 amide bonds. The number of anilines is 1. The number of amidine groups is 1. The van der Waals surface area contributed by atoms with Crippen LogP contribution in [0.4, 0.5) is 5.69 Å². The van der Waals surface area contributed by atoms with Gasteiger partial charge in [-0.1, -0.05) is 0 Å². The van der Waals surface area contributed by atoms with Gasteiger partial charge >= 0.3 is 0 Å². The van der Waals surface area contributed by atoms with Gasteiger partial charge in [0.1, 0.15) is 5.58 Å². The predicted molar refractivity (Wildman–Crippen MR) is 104 cm³/mol. The van der Waals surface area contributed by atoms with Crippen molar-refractivity contribution < 1.29 is 23.7 Å². The molecule has 0 fully saturated rings. The number of methoxy groups -OCH3 is 1. The molecule has 0 saturated heterocycles. The molecule has 2 aromatic carbocycles. The Bertz CT molecular complexity index is 1120. The molecule has 8 heteroatoms. The van der Waals surface area contributed by atoms with Crippen LogP contribution in [-0.2, 0) is 4.74 Å². The van der Waals surface area contributed by atoms with Gasteiger partial charge in [-0.25, -0.2) is 0 Å². The van der Waals surface area contributed by atoms with Crippen molar-refractivity contribution in [1.82, 2.24) is 0 Å². The molecule has 144 valence electrons. The minimum absolute atomic E-state index is 0.0596. The summed E-state index contributed by atoms with van der Waals surface area (Å²) in [5, 5.41) is 21.4. The summed E-state index contributed by atoms with van der Waals surface area (Å²) in [6.07, 6.45) is 0.414. The van der Waals surface area contributed by atoms with Gasteiger partial charge in [0.2, 0.25) is 18.0 Å². The van der Waals surface area contributed by atoms with Crippen molar-refractivity contribution in [3.8, 4) is 28.6 Å². The van der Waals surface area contributed by atoms with Crippen LogP contribution < -0.4 is 20.2 Å². The fourth-order valence-electron chi connectivity index (χ4n) is 2.94. The van der Waals surface area contributed by atoms with Gasteiger partial charge in [-0.05, 0) is 36.4 Å². The average molecular weight is 382 g/mol. The van der Waals surface area contributed by atoms with Crippen LogP contribution in [0.3, 0.4) is 0 Å². The van der Waals surface area contributed by atoms with Crippen LogP contribution in [-0.4, -0.2) is 31.5 Å². The van der Waals surface area contributed by atoms with Crippen LogP contribution in [0, 0.1) is 5.41 Å². The topological polar surface area (TPSA) is 114 Å². The quantitative estimate of drug-likeness (QED) is 0.458. The van der Waals surface area contributed by atoms with Gasteiger partial charge in [-0.15, -0.1) is 0 Å². The van der Waals surface area contributed by atoms with Gasteiger partial charge in [0, 0.05) is 24.8 Å². The van der Waals surface area contributed by atoms with Gasteiger partial charge in [0.15, 0.2) is 17.3 Å². The molecule has 8 nitrogen and oxygen atoms in total. The molecule has 0 unspecified atom stereocenters. The number of benzene rings is 2. The SMILES string of the molecule is COCCC(=N)Nc1ccc2oc(-c3ccc4c(c3)OCO4)c(O)c(=O)c2c1. The molecule has 0 saturated carbocycles. The first-order valence-electron chi connectivity index (χ1n) is 8.60. The second-order valence-electron chi connectivity index (χ2n) is 6.23. The van der Waals surface area contributed by atoms with Crippen LogP contribution >= 0.6 is 0 Å². The van der Waals surface area contributed by atoms with Crippen molar-refractivity contribution in [2.24, 2.45) is 0 Å². The normalized spacial score (nSPS) is 12.3. The fraction of sp³-hybridized carbons (Fsp3) is 0.200. The Labute approximate surface area is 159 Å². The molecular weight excluding hydrogens is 364 g/mol. The highest BCUT2D eigenvalue weighted by molar-refractivity contribution is 5.95. The number of fused-ring (bicyclic) bond motifs is 2. The average Bonchev–Trinajstić information content (AvgIpc) is 3.17. The zero-order valence-corrected chi connectivity index (χ0v) is 15.1. The summed E-state index contributed by atoms with van der Waals surface area (Å²) in [6.45, 7) is 0.544. The number of ether oxygens (including phenoxy) is 3. The molecule has 0 radical (unpaired) electrons. The fourth-order valence-corrected chi connectivity index (χ4v) is 2.94. The van der Waals surface area contributed by atoms with Crippen molar-refractivity contribution in [1.29, 1.82) is 5.41 Å². The first-order valence-corrected chi connectivity index (χ1v) is 8.60. The Morgan fingerprint density at radius 3 is 2.86 bits per heavy atom. The van der Waals surface area contributed by atoms with Crippen LogP contribution in [0.15, 0.2) is 45.6 Å². The Hall–Kier alpha value is -3.52. The number of aromatic hydroxyl groups is 1. The highest BCUT2D eigenvalue weighted by atomic mass is 16.7. The molecule has 4 rings (SSSR count). The smallest absolute Gasteiger partial charge is 0.235 e. The van der Waals surface area contributed by atoms with Crippen LogP contribution in [0.25, 0.3) is 22.3 Å². The molecule has 1 aliphatic heterocycles. The largest absolute Gasteiger partial charge is 0.502 e. The van der Waals surface area contributed by atoms with Crippen molar-refractivity contribution in [3.63, 3.8) is 0 Å². The van der Waals surface area contributed by atoms with E-state index < -0.39 is 11.2 Å². The van der Waals surface area contributed by atoms with Gasteiger partial charge in [0.05, 0.1) is 17.8 Å². The summed E-state index contributed by atoms with van der Waals surface area (Å²) in [6, 6.07) is 9.90. The maximum Gasteiger partial charge on any atom is 0.235 e. The van der Waals surface area contributed by atoms with E-state index in [2.05, 4.69) is 5.32 Å². The van der Waals surface area contributed by atoms with Gasteiger partial charge in [0.25, 0.3) is 0 Å². The summed E-state index contributed by atoms with van der Waals surface area (Å²) < 4.78 is 21.4. The molecule has 3 N–H and O–H groups in total. The van der Waals surface area contributed by atoms with Gasteiger partial charge in [-0.3, -0.25) is 10.2 Å². The standard InChI is InChI=1S/C20H18N2O6/c1-25-7-6-17(21)22-12-3-5-14-13(9-12)18(23)19(24)20(28-14)11-2-4-15-16(8-11)27-10-26-15/h2-5,8-9,24H,6-7,10H2,1H3,(H2,21,22). The summed E-state index contributed by atoms with van der Waals surface area (Å²) in [7, 11) is 1.56. The Kier molecular flexibility index (Phi) is 4.62. The van der Waals surface area contributed by atoms with E-state index in [-0.39, 0.29) is 23.8 Å². The highest BCUT2D eigenvalue weighted by Crippen LogP contribution is 2.38. The molecule has 2 heterocycles. The molecule has 0 bridgehead atoms. The lowest BCUT2D eigenvalue weighted by Crippen LogP contribution is -2.13. The third-order valence-corrected chi connectivity index (χ3v) is 4.35. The maximum absolute atomic E-state index is 12.7. The third-order valence-electron chi connectivity index (χ3n) is 4.35. The molecule has 0 aliphatic carbocycles. The maximum atomic E-state index is 12.7. The first kappa shape index (κ1) is 17.9. The second-order valence-corrected chi connectivity index (χ2v) is 6.23. The van der Waals surface area contributed by atoms with E-state index in [1.165, 1.54) is 0 Å². The summed E-state index contributed by atoms with van der Waals surface area (Å²) >= 11 is 0. The van der Waals surface area contributed by atoms with Crippen molar-refractivity contribution in [3.05, 3.63) is 46.6 Å². The zero-order valence-electron chi connectivity index (χ0n) is 15.1. The Morgan fingerprint density at radius 1 is 1.21 bits per heavy atom. The van der Waals surface area contributed by atoms with E-state index >= 15 is 0 Å². The number of hydrogen-bond donors (Lipinski definition) is 3. The molecule has 3 aromatic rings. The molecule has 0 spiro atoms. The predicted octanol–water partition coefficient (Wildman–Crippen LogP) is 3.32. The lowest BCUT2D eigenvalue weighted by atomic mass is 10.1. The van der Waals surface area contributed by atoms with E-state index in [9.17, 15) is 9.90 Å². The first-order chi connectivity index (χ1) is 13.6. The number of nitrogens with one attached hydrogen (secondary N) is 2. The van der Waals surface area contributed by atoms with E-state index in [4.69, 9.17) is 24.0 Å². The van der Waals surface area contributed by atoms with E-state index in [1.54, 1.807) is 43.5 Å². The van der Waals surface area contributed by atoms with Crippen LogP contribution in [0.5, 0.6) is 17.2 Å². The molecule has 28 heavy (non-hydrogen) atoms. The zero-order chi connectivity index (χ0) is 19.7. The summed E-state index contributed by atoms with van der Waals surface area (Å²) in [4.78, 5) is 12.7. The Balaban J connectivity index is 1.71. The van der Waals surface area contributed by atoms with Crippen LogP contribution in [0.2, 0.25) is 0 Å². The lowest BCUT2D eigenvalue weighted by molar-refractivity contribution is 0.174. The van der Waals surface area contributed by atoms with E-state index in [1.807, 2.05) is 0 Å². The highest BCUT2D eigenvalue weighted by Gasteiger charge is 2.19.